The molecule has 0 aliphatic heterocycles. The quantitative estimate of drug-likeness (QED) is 0.527. The molecular weight excluding hydrogens is 244 g/mol. The third-order valence-corrected chi connectivity index (χ3v) is 1.25. The fourth-order valence-electron chi connectivity index (χ4n) is 0.684. The lowest BCUT2D eigenvalue weighted by Crippen LogP contribution is -2.54. The first-order chi connectivity index (χ1) is 7.19. The van der Waals surface area contributed by atoms with Gasteiger partial charge in [-0.2, -0.15) is 0 Å². The lowest BCUT2D eigenvalue weighted by atomic mass is 9.96. The van der Waals surface area contributed by atoms with Crippen LogP contribution in [0.5, 0.6) is 0 Å². The highest BCUT2D eigenvalue weighted by molar-refractivity contribution is 6.25. The van der Waals surface area contributed by atoms with E-state index < -0.39 is 36.4 Å². The van der Waals surface area contributed by atoms with Gasteiger partial charge in [0.05, 0.1) is 5.97 Å². The van der Waals surface area contributed by atoms with E-state index in [9.17, 15) is 29.7 Å². The van der Waals surface area contributed by atoms with Crippen LogP contribution in [0.1, 0.15) is 12.8 Å². The summed E-state index contributed by atoms with van der Waals surface area (Å²) in [5.74, 6) is -5.98. The summed E-state index contributed by atoms with van der Waals surface area (Å²) in [7, 11) is 0. The van der Waals surface area contributed by atoms with Gasteiger partial charge < -0.3 is 34.8 Å². The van der Waals surface area contributed by atoms with Crippen molar-refractivity contribution in [3.05, 3.63) is 12.1 Å². The molecule has 0 aliphatic carbocycles. The van der Waals surface area contributed by atoms with Crippen LogP contribution >= 0.6 is 11.6 Å². The Morgan fingerprint density at radius 3 is 1.56 bits per heavy atom. The number of carbonyl (C=O) groups is 3. The first-order valence-electron chi connectivity index (χ1n) is 3.74. The third-order valence-electron chi connectivity index (χ3n) is 1.25. The Morgan fingerprint density at radius 2 is 1.44 bits per heavy atom. The van der Waals surface area contributed by atoms with Crippen LogP contribution < -0.4 is 15.3 Å². The van der Waals surface area contributed by atoms with E-state index in [-0.39, 0.29) is 0 Å². The van der Waals surface area contributed by atoms with Crippen LogP contribution in [0.3, 0.4) is 0 Å². The van der Waals surface area contributed by atoms with Crippen LogP contribution in [0.4, 0.5) is 0 Å². The molecule has 0 radical (unpaired) electrons. The summed E-state index contributed by atoms with van der Waals surface area (Å²) >= 11 is 4.76. The predicted molar refractivity (Wildman–Crippen MR) is 45.3 cm³/mol. The van der Waals surface area contributed by atoms with Crippen LogP contribution in [-0.2, 0) is 14.4 Å². The van der Waals surface area contributed by atoms with Crippen molar-refractivity contribution in [2.24, 2.45) is 0 Å². The van der Waals surface area contributed by atoms with Gasteiger partial charge in [-0.25, -0.2) is 0 Å². The topological polar surface area (TPSA) is 141 Å². The second-order valence-corrected chi connectivity index (χ2v) is 2.88. The van der Waals surface area contributed by atoms with E-state index in [0.717, 1.165) is 0 Å². The Labute approximate surface area is 95.6 Å². The SMILES string of the molecule is C=CCl.O=C([O-])CC(O)(CC(=O)[O-])C(=O)[O-]. The van der Waals surface area contributed by atoms with Crippen molar-refractivity contribution in [1.29, 1.82) is 0 Å². The summed E-state index contributed by atoms with van der Waals surface area (Å²) in [6.07, 6.45) is -2.72. The molecule has 0 fully saturated rings. The molecule has 0 saturated heterocycles. The molecule has 0 atom stereocenters. The summed E-state index contributed by atoms with van der Waals surface area (Å²) in [5.41, 5.74) is -1.75. The summed E-state index contributed by atoms with van der Waals surface area (Å²) < 4.78 is 0. The Hall–Kier alpha value is -1.60. The number of carboxylic acid groups (broad SMARTS) is 3. The van der Waals surface area contributed by atoms with Crippen molar-refractivity contribution in [1.82, 2.24) is 0 Å². The van der Waals surface area contributed by atoms with Gasteiger partial charge >= 0.3 is 0 Å². The van der Waals surface area contributed by atoms with Crippen molar-refractivity contribution in [3.63, 3.8) is 0 Å². The van der Waals surface area contributed by atoms with Crippen molar-refractivity contribution in [2.45, 2.75) is 18.4 Å². The lowest BCUT2D eigenvalue weighted by Gasteiger charge is -2.29. The van der Waals surface area contributed by atoms with Gasteiger partial charge in [0.15, 0.2) is 0 Å². The molecular formula is C8H8ClO7-3. The average Bonchev–Trinajstić information content (AvgIpc) is 2.01. The van der Waals surface area contributed by atoms with Crippen molar-refractivity contribution in [2.75, 3.05) is 0 Å². The van der Waals surface area contributed by atoms with Gasteiger partial charge in [-0.05, 0) is 5.54 Å². The molecule has 0 aromatic carbocycles. The summed E-state index contributed by atoms with van der Waals surface area (Å²) in [6.45, 7) is 3.13. The molecule has 0 amide bonds. The molecule has 0 aromatic heterocycles. The van der Waals surface area contributed by atoms with Crippen LogP contribution in [0.25, 0.3) is 0 Å². The number of hydrogen-bond acceptors (Lipinski definition) is 7. The van der Waals surface area contributed by atoms with E-state index in [1.807, 2.05) is 0 Å². The lowest BCUT2D eigenvalue weighted by molar-refractivity contribution is -0.339. The van der Waals surface area contributed by atoms with Crippen LogP contribution in [0.15, 0.2) is 12.1 Å². The fraction of sp³-hybridized carbons (Fsp3) is 0.375. The molecule has 0 saturated carbocycles. The molecule has 1 N–H and O–H groups in total. The molecule has 8 heteroatoms. The molecule has 92 valence electrons. The summed E-state index contributed by atoms with van der Waals surface area (Å²) in [6, 6.07) is 0. The van der Waals surface area contributed by atoms with Gasteiger partial charge in [0, 0.05) is 24.8 Å². The second kappa shape index (κ2) is 7.66. The maximum atomic E-state index is 10.1. The van der Waals surface area contributed by atoms with E-state index in [4.69, 9.17) is 16.7 Å². The molecule has 7 nitrogen and oxygen atoms in total. The van der Waals surface area contributed by atoms with E-state index in [0.29, 0.717) is 0 Å². The molecule has 0 aliphatic rings. The Balaban J connectivity index is 0. The van der Waals surface area contributed by atoms with E-state index in [1.54, 1.807) is 0 Å². The first kappa shape index (κ1) is 16.8. The zero-order valence-electron chi connectivity index (χ0n) is 7.97. The maximum absolute atomic E-state index is 10.1. The van der Waals surface area contributed by atoms with Gasteiger partial charge in [-0.15, -0.1) is 0 Å². The van der Waals surface area contributed by atoms with Crippen LogP contribution in [0.2, 0.25) is 0 Å². The minimum absolute atomic E-state index is 1.22. The second-order valence-electron chi connectivity index (χ2n) is 2.57. The minimum Gasteiger partial charge on any atom is -0.550 e. The molecule has 0 rings (SSSR count). The highest BCUT2D eigenvalue weighted by atomic mass is 35.5. The number of hydrogen-bond donors (Lipinski definition) is 1. The van der Waals surface area contributed by atoms with Crippen molar-refractivity contribution in [3.8, 4) is 0 Å². The van der Waals surface area contributed by atoms with Gasteiger partial charge in [0.25, 0.3) is 0 Å². The Kier molecular flexibility index (Phi) is 8.05. The van der Waals surface area contributed by atoms with E-state index in [2.05, 4.69) is 6.58 Å². The number of carbonyl (C=O) groups excluding carboxylic acids is 3. The van der Waals surface area contributed by atoms with Crippen molar-refractivity contribution >= 4 is 29.5 Å². The van der Waals surface area contributed by atoms with Crippen LogP contribution in [-0.4, -0.2) is 28.6 Å². The summed E-state index contributed by atoms with van der Waals surface area (Å²) in [4.78, 5) is 30.0. The minimum atomic E-state index is -2.97. The van der Waals surface area contributed by atoms with Crippen LogP contribution in [0, 0.1) is 0 Å². The standard InChI is InChI=1S/C6H8O7.C2H3Cl/c7-3(8)1-6(13,5(11)12)2-4(9)10;1-2-3/h13H,1-2H2,(H,7,8)(H,9,10)(H,11,12);2H,1H2/p-3. The largest absolute Gasteiger partial charge is 0.550 e. The fourth-order valence-corrected chi connectivity index (χ4v) is 0.684. The summed E-state index contributed by atoms with van der Waals surface area (Å²) in [5, 5.41) is 38.9. The van der Waals surface area contributed by atoms with E-state index in [1.165, 1.54) is 5.54 Å². The average molecular weight is 252 g/mol. The molecule has 0 heterocycles. The van der Waals surface area contributed by atoms with Gasteiger partial charge in [0.1, 0.15) is 5.60 Å². The zero-order valence-corrected chi connectivity index (χ0v) is 8.73. The highest BCUT2D eigenvalue weighted by Gasteiger charge is 2.29. The normalized spacial score (nSPS) is 9.62. The zero-order chi connectivity index (χ0) is 13.4. The number of halogens is 1. The van der Waals surface area contributed by atoms with Gasteiger partial charge in [-0.3, -0.25) is 0 Å². The molecule has 0 spiro atoms. The molecule has 0 unspecified atom stereocenters. The van der Waals surface area contributed by atoms with Gasteiger partial charge in [-0.1, -0.05) is 18.2 Å². The smallest absolute Gasteiger partial charge is 0.114 e. The maximum Gasteiger partial charge on any atom is 0.114 e. The van der Waals surface area contributed by atoms with E-state index >= 15 is 0 Å². The number of aliphatic carboxylic acids is 3. The number of rotatable bonds is 5. The Morgan fingerprint density at radius 1 is 1.19 bits per heavy atom. The predicted octanol–water partition coefficient (Wildman–Crippen LogP) is -3.88. The number of carboxylic acids is 3. The molecule has 16 heavy (non-hydrogen) atoms. The highest BCUT2D eigenvalue weighted by Crippen LogP contribution is 2.13. The molecule has 0 aromatic rings. The first-order valence-corrected chi connectivity index (χ1v) is 4.18. The number of aliphatic hydroxyl groups is 1. The monoisotopic (exact) mass is 251 g/mol. The van der Waals surface area contributed by atoms with Gasteiger partial charge in [0.2, 0.25) is 0 Å². The third kappa shape index (κ3) is 7.77. The molecule has 0 bridgehead atoms. The van der Waals surface area contributed by atoms with Crippen molar-refractivity contribution < 1.29 is 34.8 Å². The Bertz CT molecular complexity index is 270.